The third kappa shape index (κ3) is 4.59. The Morgan fingerprint density at radius 1 is 1.22 bits per heavy atom. The van der Waals surface area contributed by atoms with Gasteiger partial charge in [-0.1, -0.05) is 17.7 Å². The summed E-state index contributed by atoms with van der Waals surface area (Å²) in [4.78, 5) is 11.9. The second kappa shape index (κ2) is 7.29. The number of methoxy groups -OCH3 is 1. The predicted molar refractivity (Wildman–Crippen MR) is 74.1 cm³/mol. The molecule has 100 valence electrons. The number of nitrogens with one attached hydrogen (secondary N) is 1. The van der Waals surface area contributed by atoms with Crippen LogP contribution in [0.3, 0.4) is 0 Å². The first-order chi connectivity index (χ1) is 8.54. The zero-order chi connectivity index (χ0) is 13.5. The second-order valence-electron chi connectivity index (χ2n) is 4.76. The van der Waals surface area contributed by atoms with Crippen LogP contribution in [0.4, 0.5) is 0 Å². The van der Waals surface area contributed by atoms with Gasteiger partial charge in [0.15, 0.2) is 5.78 Å². The highest BCUT2D eigenvalue weighted by molar-refractivity contribution is 5.83. The summed E-state index contributed by atoms with van der Waals surface area (Å²) in [5.41, 5.74) is 4.83. The van der Waals surface area contributed by atoms with Crippen LogP contribution in [0.5, 0.6) is 0 Å². The highest BCUT2D eigenvalue weighted by Gasteiger charge is 2.09. The fourth-order valence-electron chi connectivity index (χ4n) is 2.15. The number of ketones is 1. The van der Waals surface area contributed by atoms with Crippen molar-refractivity contribution in [3.8, 4) is 0 Å². The van der Waals surface area contributed by atoms with E-state index in [9.17, 15) is 4.79 Å². The average Bonchev–Trinajstić information content (AvgIpc) is 2.29. The van der Waals surface area contributed by atoms with Gasteiger partial charge in [0.2, 0.25) is 0 Å². The molecule has 0 bridgehead atoms. The number of benzene rings is 1. The van der Waals surface area contributed by atoms with E-state index in [4.69, 9.17) is 4.74 Å². The van der Waals surface area contributed by atoms with Crippen molar-refractivity contribution in [3.05, 3.63) is 34.4 Å². The zero-order valence-corrected chi connectivity index (χ0v) is 11.8. The van der Waals surface area contributed by atoms with Crippen LogP contribution in [0, 0.1) is 20.8 Å². The van der Waals surface area contributed by atoms with E-state index in [1.54, 1.807) is 7.11 Å². The second-order valence-corrected chi connectivity index (χ2v) is 4.76. The smallest absolute Gasteiger partial charge is 0.150 e. The molecule has 0 aliphatic rings. The van der Waals surface area contributed by atoms with Crippen LogP contribution in [-0.2, 0) is 16.0 Å². The summed E-state index contributed by atoms with van der Waals surface area (Å²) in [5, 5.41) is 3.08. The van der Waals surface area contributed by atoms with Gasteiger partial charge in [-0.25, -0.2) is 0 Å². The van der Waals surface area contributed by atoms with Crippen molar-refractivity contribution in [2.45, 2.75) is 27.2 Å². The van der Waals surface area contributed by atoms with Crippen molar-refractivity contribution in [1.82, 2.24) is 5.32 Å². The van der Waals surface area contributed by atoms with Crippen LogP contribution in [0.2, 0.25) is 0 Å². The topological polar surface area (TPSA) is 38.3 Å². The van der Waals surface area contributed by atoms with Gasteiger partial charge in [0, 0.05) is 20.1 Å². The molecular weight excluding hydrogens is 226 g/mol. The molecule has 0 aliphatic carbocycles. The summed E-state index contributed by atoms with van der Waals surface area (Å²) >= 11 is 0. The summed E-state index contributed by atoms with van der Waals surface area (Å²) in [5.74, 6) is 0.223. The summed E-state index contributed by atoms with van der Waals surface area (Å²) in [6.07, 6.45) is 0.512. The summed E-state index contributed by atoms with van der Waals surface area (Å²) < 4.78 is 4.92. The molecule has 0 atom stereocenters. The first kappa shape index (κ1) is 14.9. The fourth-order valence-corrected chi connectivity index (χ4v) is 2.15. The molecule has 0 fully saturated rings. The highest BCUT2D eigenvalue weighted by Crippen LogP contribution is 2.16. The van der Waals surface area contributed by atoms with Crippen LogP contribution in [0.1, 0.15) is 22.3 Å². The standard InChI is InChI=1S/C15H23NO2/c1-11-7-12(2)15(13(3)8-11)9-14(17)10-16-5-6-18-4/h7-8,16H,5-6,9-10H2,1-4H3. The van der Waals surface area contributed by atoms with Gasteiger partial charge in [-0.2, -0.15) is 0 Å². The van der Waals surface area contributed by atoms with Crippen molar-refractivity contribution in [3.63, 3.8) is 0 Å². The quantitative estimate of drug-likeness (QED) is 0.751. The van der Waals surface area contributed by atoms with Gasteiger partial charge in [-0.15, -0.1) is 0 Å². The number of ether oxygens (including phenoxy) is 1. The maximum Gasteiger partial charge on any atom is 0.150 e. The molecule has 0 saturated heterocycles. The minimum atomic E-state index is 0.223. The number of hydrogen-bond acceptors (Lipinski definition) is 3. The maximum absolute atomic E-state index is 11.9. The molecule has 0 radical (unpaired) electrons. The molecule has 1 N–H and O–H groups in total. The number of rotatable bonds is 7. The van der Waals surface area contributed by atoms with Crippen LogP contribution in [0.25, 0.3) is 0 Å². The maximum atomic E-state index is 11.9. The van der Waals surface area contributed by atoms with E-state index < -0.39 is 0 Å². The molecule has 1 aromatic rings. The molecule has 0 amide bonds. The van der Waals surface area contributed by atoms with Crippen molar-refractivity contribution in [2.75, 3.05) is 26.8 Å². The van der Waals surface area contributed by atoms with Gasteiger partial charge >= 0.3 is 0 Å². The molecule has 0 heterocycles. The SMILES string of the molecule is COCCNCC(=O)Cc1c(C)cc(C)cc1C. The lowest BCUT2D eigenvalue weighted by Gasteiger charge is -2.11. The van der Waals surface area contributed by atoms with E-state index in [0.29, 0.717) is 26.1 Å². The zero-order valence-electron chi connectivity index (χ0n) is 11.8. The van der Waals surface area contributed by atoms with Crippen molar-refractivity contribution in [2.24, 2.45) is 0 Å². The Balaban J connectivity index is 2.54. The van der Waals surface area contributed by atoms with Gasteiger partial charge in [-0.3, -0.25) is 4.79 Å². The van der Waals surface area contributed by atoms with Gasteiger partial charge < -0.3 is 10.1 Å². The molecule has 18 heavy (non-hydrogen) atoms. The van der Waals surface area contributed by atoms with Crippen molar-refractivity contribution in [1.29, 1.82) is 0 Å². The molecule has 3 heteroatoms. The van der Waals surface area contributed by atoms with Gasteiger partial charge in [0.1, 0.15) is 0 Å². The molecule has 1 rings (SSSR count). The van der Waals surface area contributed by atoms with Gasteiger partial charge in [0.25, 0.3) is 0 Å². The Morgan fingerprint density at radius 2 is 1.83 bits per heavy atom. The lowest BCUT2D eigenvalue weighted by atomic mass is 9.96. The van der Waals surface area contributed by atoms with E-state index >= 15 is 0 Å². The minimum absolute atomic E-state index is 0.223. The van der Waals surface area contributed by atoms with Crippen LogP contribution >= 0.6 is 0 Å². The average molecular weight is 249 g/mol. The number of carbonyl (C=O) groups excluding carboxylic acids is 1. The summed E-state index contributed by atoms with van der Waals surface area (Å²) in [7, 11) is 1.66. The number of hydrogen-bond donors (Lipinski definition) is 1. The van der Waals surface area contributed by atoms with Crippen LogP contribution in [0.15, 0.2) is 12.1 Å². The molecule has 0 aromatic heterocycles. The molecule has 0 spiro atoms. The Kier molecular flexibility index (Phi) is 6.02. The first-order valence-electron chi connectivity index (χ1n) is 6.32. The first-order valence-corrected chi connectivity index (χ1v) is 6.32. The number of aryl methyl sites for hydroxylation is 3. The van der Waals surface area contributed by atoms with Crippen molar-refractivity contribution >= 4 is 5.78 Å². The van der Waals surface area contributed by atoms with Gasteiger partial charge in [0.05, 0.1) is 13.2 Å². The van der Waals surface area contributed by atoms with Crippen LogP contribution < -0.4 is 5.32 Å². The number of Topliss-reactive ketones (excluding diaryl/α,β-unsaturated/α-hetero) is 1. The third-order valence-electron chi connectivity index (χ3n) is 3.02. The number of carbonyl (C=O) groups is 1. The Hall–Kier alpha value is -1.19. The summed E-state index contributed by atoms with van der Waals surface area (Å²) in [6.45, 7) is 7.99. The molecule has 1 aromatic carbocycles. The highest BCUT2D eigenvalue weighted by atomic mass is 16.5. The van der Waals surface area contributed by atoms with E-state index in [-0.39, 0.29) is 5.78 Å². The van der Waals surface area contributed by atoms with E-state index in [1.807, 2.05) is 0 Å². The molecule has 0 aliphatic heterocycles. The largest absolute Gasteiger partial charge is 0.383 e. The van der Waals surface area contributed by atoms with Crippen molar-refractivity contribution < 1.29 is 9.53 Å². The Morgan fingerprint density at radius 3 is 2.39 bits per heavy atom. The van der Waals surface area contributed by atoms with E-state index in [0.717, 1.165) is 0 Å². The lowest BCUT2D eigenvalue weighted by molar-refractivity contribution is -0.117. The molecular formula is C15H23NO2. The van der Waals surface area contributed by atoms with Crippen LogP contribution in [-0.4, -0.2) is 32.6 Å². The van der Waals surface area contributed by atoms with E-state index in [2.05, 4.69) is 38.2 Å². The fraction of sp³-hybridized carbons (Fsp3) is 0.533. The molecule has 0 saturated carbocycles. The normalized spacial score (nSPS) is 10.7. The Bertz CT molecular complexity index is 390. The summed E-state index contributed by atoms with van der Waals surface area (Å²) in [6, 6.07) is 4.27. The minimum Gasteiger partial charge on any atom is -0.383 e. The predicted octanol–water partition coefficient (Wildman–Crippen LogP) is 1.96. The third-order valence-corrected chi connectivity index (χ3v) is 3.02. The van der Waals surface area contributed by atoms with E-state index in [1.165, 1.54) is 22.3 Å². The molecule has 0 unspecified atom stereocenters. The van der Waals surface area contributed by atoms with Gasteiger partial charge in [-0.05, 0) is 37.5 Å². The monoisotopic (exact) mass is 249 g/mol. The Labute approximate surface area is 110 Å². The molecule has 3 nitrogen and oxygen atoms in total. The lowest BCUT2D eigenvalue weighted by Crippen LogP contribution is -2.27.